The van der Waals surface area contributed by atoms with E-state index in [0.717, 1.165) is 54.6 Å². The number of carbonyl (C=O) groups excluding carboxylic acids is 2. The van der Waals surface area contributed by atoms with Crippen LogP contribution in [-0.2, 0) is 15.9 Å². The molecule has 8 rings (SSSR count). The predicted octanol–water partition coefficient (Wildman–Crippen LogP) is 4.37. The van der Waals surface area contributed by atoms with Crippen LogP contribution in [0.15, 0.2) is 66.7 Å². The second-order valence-corrected chi connectivity index (χ2v) is 15.1. The molecule has 0 spiro atoms. The molecular weight excluding hydrogens is 880 g/mol. The number of aromatic hydroxyl groups is 16. The fraction of sp³-hybridized carbons (Fsp3) is 0.136. The first kappa shape index (κ1) is 43.3. The van der Waals surface area contributed by atoms with Crippen molar-refractivity contribution in [3.63, 3.8) is 0 Å². The average Bonchev–Trinajstić information content (AvgIpc) is 3.25. The molecule has 2 aliphatic heterocycles. The van der Waals surface area contributed by atoms with E-state index >= 15 is 0 Å². The zero-order valence-corrected chi connectivity index (χ0v) is 33.0. The van der Waals surface area contributed by atoms with Gasteiger partial charge in [0.15, 0.2) is 87.3 Å². The largest absolute Gasteiger partial charge is 0.508 e. The van der Waals surface area contributed by atoms with Gasteiger partial charge in [0.05, 0.1) is 17.0 Å². The van der Waals surface area contributed by atoms with Crippen molar-refractivity contribution in [2.24, 2.45) is 0 Å². The molecule has 22 nitrogen and oxygen atoms in total. The summed E-state index contributed by atoms with van der Waals surface area (Å²) in [5.74, 6) is -19.7. The van der Waals surface area contributed by atoms with Crippen LogP contribution >= 0.6 is 0 Å². The summed E-state index contributed by atoms with van der Waals surface area (Å²) >= 11 is 0. The number of hydrogen-bond donors (Lipinski definition) is 16. The number of carbonyl (C=O) groups is 2. The van der Waals surface area contributed by atoms with Crippen molar-refractivity contribution in [3.8, 4) is 103 Å². The first-order valence-electron chi connectivity index (χ1n) is 19.0. The molecular formula is C44H34O22. The molecule has 0 radical (unpaired) electrons. The molecule has 5 atom stereocenters. The Morgan fingerprint density at radius 3 is 1.32 bits per heavy atom. The van der Waals surface area contributed by atoms with E-state index in [1.807, 2.05) is 0 Å². The first-order chi connectivity index (χ1) is 31.1. The normalized spacial score (nSPS) is 18.5. The lowest BCUT2D eigenvalue weighted by atomic mass is 9.77. The van der Waals surface area contributed by atoms with Crippen LogP contribution in [0.2, 0.25) is 0 Å². The summed E-state index contributed by atoms with van der Waals surface area (Å²) in [7, 11) is 0. The second-order valence-electron chi connectivity index (χ2n) is 15.1. The molecule has 2 heterocycles. The molecule has 0 saturated carbocycles. The zero-order valence-electron chi connectivity index (χ0n) is 33.0. The highest BCUT2D eigenvalue weighted by Crippen LogP contribution is 2.58. The van der Waals surface area contributed by atoms with Crippen molar-refractivity contribution in [1.29, 1.82) is 0 Å². The van der Waals surface area contributed by atoms with Gasteiger partial charge in [-0.15, -0.1) is 0 Å². The minimum Gasteiger partial charge on any atom is -0.508 e. The third-order valence-electron chi connectivity index (χ3n) is 10.9. The van der Waals surface area contributed by atoms with Crippen molar-refractivity contribution < 1.29 is 110 Å². The molecule has 2 aliphatic rings. The van der Waals surface area contributed by atoms with Crippen molar-refractivity contribution >= 4 is 11.9 Å². The van der Waals surface area contributed by atoms with Crippen LogP contribution in [0.5, 0.6) is 103 Å². The lowest BCUT2D eigenvalue weighted by Gasteiger charge is -2.41. The van der Waals surface area contributed by atoms with E-state index in [-0.39, 0.29) is 22.4 Å². The van der Waals surface area contributed by atoms with Gasteiger partial charge in [-0.3, -0.25) is 0 Å². The Morgan fingerprint density at radius 1 is 0.424 bits per heavy atom. The van der Waals surface area contributed by atoms with Crippen LogP contribution in [0.3, 0.4) is 0 Å². The van der Waals surface area contributed by atoms with Gasteiger partial charge in [0, 0.05) is 52.4 Å². The summed E-state index contributed by atoms with van der Waals surface area (Å²) in [4.78, 5) is 27.6. The van der Waals surface area contributed by atoms with Gasteiger partial charge >= 0.3 is 11.9 Å². The number of phenolic OH excluding ortho intramolecular Hbond substituents is 16. The quantitative estimate of drug-likeness (QED) is 0.0780. The van der Waals surface area contributed by atoms with Gasteiger partial charge in [0.25, 0.3) is 0 Å². The monoisotopic (exact) mass is 914 g/mol. The van der Waals surface area contributed by atoms with Gasteiger partial charge in [0.1, 0.15) is 40.6 Å². The lowest BCUT2D eigenvalue weighted by Crippen LogP contribution is -2.39. The number of ether oxygens (including phenoxy) is 4. The number of esters is 2. The molecule has 0 aromatic heterocycles. The Labute approximate surface area is 367 Å². The first-order valence-corrected chi connectivity index (χ1v) is 19.0. The Kier molecular flexibility index (Phi) is 10.4. The van der Waals surface area contributed by atoms with Gasteiger partial charge in [-0.05, 0) is 48.5 Å². The minimum atomic E-state index is -2.00. The summed E-state index contributed by atoms with van der Waals surface area (Å²) in [5.41, 5.74) is -2.85. The molecule has 0 bridgehead atoms. The maximum absolute atomic E-state index is 14.0. The highest BCUT2D eigenvalue weighted by molar-refractivity contribution is 5.92. The molecule has 66 heavy (non-hydrogen) atoms. The molecule has 0 amide bonds. The molecule has 16 N–H and O–H groups in total. The highest BCUT2D eigenvalue weighted by Gasteiger charge is 2.49. The predicted molar refractivity (Wildman–Crippen MR) is 216 cm³/mol. The van der Waals surface area contributed by atoms with Crippen LogP contribution in [0.4, 0.5) is 0 Å². The molecule has 0 fully saturated rings. The third kappa shape index (κ3) is 7.32. The van der Waals surface area contributed by atoms with E-state index in [2.05, 4.69) is 0 Å². The summed E-state index contributed by atoms with van der Waals surface area (Å²) in [6.45, 7) is 0. The zero-order chi connectivity index (χ0) is 47.8. The highest BCUT2D eigenvalue weighted by atomic mass is 16.6. The molecule has 0 unspecified atom stereocenters. The Bertz CT molecular complexity index is 2920. The number of phenols is 16. The molecule has 342 valence electrons. The van der Waals surface area contributed by atoms with Crippen LogP contribution in [-0.4, -0.2) is 106 Å². The lowest BCUT2D eigenvalue weighted by molar-refractivity contribution is -0.0277. The maximum Gasteiger partial charge on any atom is 0.338 e. The van der Waals surface area contributed by atoms with E-state index in [0.29, 0.717) is 12.1 Å². The minimum absolute atomic E-state index is 0.157. The van der Waals surface area contributed by atoms with Gasteiger partial charge in [0.2, 0.25) is 0 Å². The number of benzene rings is 6. The average molecular weight is 915 g/mol. The van der Waals surface area contributed by atoms with E-state index in [9.17, 15) is 91.3 Å². The van der Waals surface area contributed by atoms with Crippen LogP contribution < -0.4 is 9.47 Å². The summed E-state index contributed by atoms with van der Waals surface area (Å²) in [5, 5.41) is 169. The van der Waals surface area contributed by atoms with E-state index < -0.39 is 169 Å². The van der Waals surface area contributed by atoms with Crippen LogP contribution in [0.1, 0.15) is 66.7 Å². The number of fused-ring (bicyclic) bond motifs is 2. The standard InChI is InChI=1S/C44H34O22/c45-17-9-19(46)32-30(10-17)64-41(14-3-23(50)37(58)24(51)4-14)42(66-44(62)16-7-27(54)39(60)28(55)8-16)34(32)33-20(47)12-29-18(35(33)56)11-31(40(63-29)13-1-21(48)36(57)22(49)2-13)65-43(61)15-5-25(52)38(59)26(53)6-15/h1-10,12,31,34,40-42,45-60H,11H2/t31-,34-,40-,41-,42-/m1/s1. The summed E-state index contributed by atoms with van der Waals surface area (Å²) in [6, 6.07) is 9.21. The molecule has 0 aliphatic carbocycles. The fourth-order valence-electron chi connectivity index (χ4n) is 7.87. The van der Waals surface area contributed by atoms with Gasteiger partial charge in [-0.25, -0.2) is 9.59 Å². The van der Waals surface area contributed by atoms with Crippen LogP contribution in [0.25, 0.3) is 0 Å². The number of rotatable bonds is 7. The third-order valence-corrected chi connectivity index (χ3v) is 10.9. The Morgan fingerprint density at radius 2 is 0.833 bits per heavy atom. The van der Waals surface area contributed by atoms with E-state index in [4.69, 9.17) is 18.9 Å². The van der Waals surface area contributed by atoms with Gasteiger partial charge in [-0.1, -0.05) is 0 Å². The number of hydrogen-bond acceptors (Lipinski definition) is 22. The maximum atomic E-state index is 14.0. The summed E-state index contributed by atoms with van der Waals surface area (Å²) in [6.07, 6.45) is -7.62. The molecule has 6 aromatic carbocycles. The fourth-order valence-corrected chi connectivity index (χ4v) is 7.87. The van der Waals surface area contributed by atoms with Crippen LogP contribution in [0, 0.1) is 0 Å². The Balaban J connectivity index is 1.32. The molecule has 6 aromatic rings. The topological polar surface area (TPSA) is 395 Å². The van der Waals surface area contributed by atoms with Crippen molar-refractivity contribution in [2.45, 2.75) is 36.8 Å². The van der Waals surface area contributed by atoms with E-state index in [1.165, 1.54) is 0 Å². The second kappa shape index (κ2) is 15.8. The van der Waals surface area contributed by atoms with Crippen molar-refractivity contribution in [2.75, 3.05) is 0 Å². The van der Waals surface area contributed by atoms with Gasteiger partial charge in [-0.2, -0.15) is 0 Å². The van der Waals surface area contributed by atoms with Crippen molar-refractivity contribution in [1.82, 2.24) is 0 Å². The smallest absolute Gasteiger partial charge is 0.338 e. The molecule has 0 saturated heterocycles. The van der Waals surface area contributed by atoms with E-state index in [1.54, 1.807) is 0 Å². The molecule has 22 heteroatoms. The Hall–Kier alpha value is -9.34. The van der Waals surface area contributed by atoms with Crippen molar-refractivity contribution in [3.05, 3.63) is 106 Å². The SMILES string of the molecule is O=C(O[C@@H]1[C@@H](c2c(O)cc3c(c2O)C[C@@H](OC(=O)c2cc(O)c(O)c(O)c2)[C@@H](c2cc(O)c(O)c(O)c2)O3)c2c(O)cc(O)cc2O[C@@H]1c1cc(O)c(O)c(O)c1)c1cc(O)c(O)c(O)c1. The van der Waals surface area contributed by atoms with Gasteiger partial charge < -0.3 is 101 Å². The summed E-state index contributed by atoms with van der Waals surface area (Å²) < 4.78 is 23.9.